The van der Waals surface area contributed by atoms with Crippen molar-refractivity contribution in [2.24, 2.45) is 0 Å². The van der Waals surface area contributed by atoms with Crippen molar-refractivity contribution in [3.63, 3.8) is 0 Å². The molecule has 0 aliphatic rings. The Kier molecular flexibility index (Phi) is 5.86. The van der Waals surface area contributed by atoms with Crippen molar-refractivity contribution < 1.29 is 13.7 Å². The highest BCUT2D eigenvalue weighted by Crippen LogP contribution is 2.22. The van der Waals surface area contributed by atoms with Gasteiger partial charge in [0.2, 0.25) is 22.1 Å². The van der Waals surface area contributed by atoms with Crippen molar-refractivity contribution in [1.82, 2.24) is 35.5 Å². The van der Waals surface area contributed by atoms with Gasteiger partial charge in [-0.1, -0.05) is 40.4 Å². The number of hydrogen-bond acceptors (Lipinski definition) is 10. The largest absolute Gasteiger partial charge is 0.339 e. The molecule has 0 saturated heterocycles. The maximum absolute atomic E-state index is 13.3. The van der Waals surface area contributed by atoms with Crippen LogP contribution in [0, 0.1) is 5.82 Å². The van der Waals surface area contributed by atoms with Crippen molar-refractivity contribution >= 4 is 34.1 Å². The van der Waals surface area contributed by atoms with E-state index in [0.29, 0.717) is 45.6 Å². The number of anilines is 1. The van der Waals surface area contributed by atoms with E-state index in [0.717, 1.165) is 0 Å². The number of amides is 1. The van der Waals surface area contributed by atoms with Gasteiger partial charge < -0.3 is 9.84 Å². The van der Waals surface area contributed by atoms with Crippen LogP contribution in [0.2, 0.25) is 0 Å². The van der Waals surface area contributed by atoms with Crippen LogP contribution in [-0.2, 0) is 17.0 Å². The lowest BCUT2D eigenvalue weighted by molar-refractivity contribution is -0.116. The summed E-state index contributed by atoms with van der Waals surface area (Å²) >= 11 is 2.55. The van der Waals surface area contributed by atoms with E-state index >= 15 is 0 Å². The first-order chi connectivity index (χ1) is 14.2. The second kappa shape index (κ2) is 8.87. The minimum Gasteiger partial charge on any atom is -0.339 e. The fourth-order valence-electron chi connectivity index (χ4n) is 2.29. The standard InChI is InChI=1S/C16H13FN8O2S2/c17-10-3-1-2-9(6-10)14-21-16(24-22-14)28-7-11-19-13(27-25-11)5-4-12(26)20-15-23-18-8-29-15/h1-3,6,8H,4-5,7H2,(H,20,23,26)(H,21,22,24). The fraction of sp³-hybridized carbons (Fsp3) is 0.188. The van der Waals surface area contributed by atoms with Crippen LogP contribution >= 0.6 is 23.1 Å². The van der Waals surface area contributed by atoms with Crippen LogP contribution in [-0.4, -0.2) is 41.4 Å². The van der Waals surface area contributed by atoms with Crippen LogP contribution in [0.5, 0.6) is 0 Å². The van der Waals surface area contributed by atoms with E-state index in [2.05, 4.69) is 40.8 Å². The molecular weight excluding hydrogens is 419 g/mol. The van der Waals surface area contributed by atoms with Gasteiger partial charge in [0, 0.05) is 18.4 Å². The second-order valence-corrected chi connectivity index (χ2v) is 7.44. The van der Waals surface area contributed by atoms with Gasteiger partial charge in [0.25, 0.3) is 0 Å². The zero-order valence-electron chi connectivity index (χ0n) is 14.7. The Labute approximate surface area is 171 Å². The first-order valence-electron chi connectivity index (χ1n) is 8.34. The average Bonchev–Trinajstić information content (AvgIpc) is 3.47. The first kappa shape index (κ1) is 19.1. The Morgan fingerprint density at radius 1 is 1.34 bits per heavy atom. The van der Waals surface area contributed by atoms with Crippen molar-refractivity contribution in [3.8, 4) is 11.4 Å². The molecule has 1 amide bonds. The third kappa shape index (κ3) is 5.20. The molecule has 0 aliphatic heterocycles. The van der Waals surface area contributed by atoms with Gasteiger partial charge in [-0.3, -0.25) is 9.89 Å². The van der Waals surface area contributed by atoms with Crippen LogP contribution in [0.4, 0.5) is 9.52 Å². The number of nitrogens with one attached hydrogen (secondary N) is 2. The molecule has 2 N–H and O–H groups in total. The summed E-state index contributed by atoms with van der Waals surface area (Å²) in [6.07, 6.45) is 0.499. The zero-order chi connectivity index (χ0) is 20.1. The number of hydrogen-bond donors (Lipinski definition) is 2. The van der Waals surface area contributed by atoms with Crippen LogP contribution in [0.25, 0.3) is 11.4 Å². The third-order valence-corrected chi connectivity index (χ3v) is 5.03. The van der Waals surface area contributed by atoms with Crippen LogP contribution in [0.1, 0.15) is 18.1 Å². The minimum atomic E-state index is -0.343. The second-order valence-electron chi connectivity index (χ2n) is 5.66. The summed E-state index contributed by atoms with van der Waals surface area (Å²) in [6.45, 7) is 0. The Morgan fingerprint density at radius 3 is 3.10 bits per heavy atom. The molecule has 0 bridgehead atoms. The zero-order valence-corrected chi connectivity index (χ0v) is 16.3. The molecule has 0 saturated carbocycles. The number of benzene rings is 1. The Bertz CT molecular complexity index is 1100. The number of rotatable bonds is 8. The molecular formula is C16H13FN8O2S2. The molecule has 0 radical (unpaired) electrons. The number of aryl methyl sites for hydroxylation is 1. The molecule has 4 rings (SSSR count). The SMILES string of the molecule is O=C(CCc1nc(CSc2n[nH]c(-c3cccc(F)c3)n2)no1)Nc1nncs1. The van der Waals surface area contributed by atoms with E-state index in [9.17, 15) is 9.18 Å². The quantitative estimate of drug-likeness (QED) is 0.403. The smallest absolute Gasteiger partial charge is 0.227 e. The molecule has 4 aromatic rings. The highest BCUT2D eigenvalue weighted by molar-refractivity contribution is 7.98. The van der Waals surface area contributed by atoms with Crippen molar-refractivity contribution in [3.05, 3.63) is 47.3 Å². The van der Waals surface area contributed by atoms with Gasteiger partial charge >= 0.3 is 0 Å². The van der Waals surface area contributed by atoms with Crippen molar-refractivity contribution in [2.45, 2.75) is 23.8 Å². The Morgan fingerprint density at radius 2 is 2.28 bits per heavy atom. The lowest BCUT2D eigenvalue weighted by Crippen LogP contribution is -2.12. The summed E-state index contributed by atoms with van der Waals surface area (Å²) in [6, 6.07) is 6.09. The maximum Gasteiger partial charge on any atom is 0.227 e. The van der Waals surface area contributed by atoms with E-state index < -0.39 is 0 Å². The lowest BCUT2D eigenvalue weighted by atomic mass is 10.2. The normalized spacial score (nSPS) is 10.9. The van der Waals surface area contributed by atoms with Crippen molar-refractivity contribution in [2.75, 3.05) is 5.32 Å². The predicted octanol–water partition coefficient (Wildman–Crippen LogP) is 2.71. The number of thioether (sulfide) groups is 1. The van der Waals surface area contributed by atoms with Crippen molar-refractivity contribution in [1.29, 1.82) is 0 Å². The predicted molar refractivity (Wildman–Crippen MR) is 102 cm³/mol. The van der Waals surface area contributed by atoms with Gasteiger partial charge in [0.1, 0.15) is 11.3 Å². The summed E-state index contributed by atoms with van der Waals surface area (Å²) in [5.74, 6) is 1.14. The molecule has 3 heterocycles. The molecule has 3 aromatic heterocycles. The van der Waals surface area contributed by atoms with E-state index in [1.807, 2.05) is 0 Å². The topological polar surface area (TPSA) is 135 Å². The average molecular weight is 432 g/mol. The van der Waals surface area contributed by atoms with Gasteiger partial charge in [-0.05, 0) is 12.1 Å². The van der Waals surface area contributed by atoms with Crippen LogP contribution in [0.15, 0.2) is 39.5 Å². The molecule has 0 spiro atoms. The number of carbonyl (C=O) groups is 1. The number of carbonyl (C=O) groups excluding carboxylic acids is 1. The molecule has 13 heteroatoms. The van der Waals surface area contributed by atoms with E-state index in [-0.39, 0.29) is 18.1 Å². The molecule has 148 valence electrons. The summed E-state index contributed by atoms with van der Waals surface area (Å²) < 4.78 is 18.5. The number of halogens is 1. The van der Waals surface area contributed by atoms with Gasteiger partial charge in [0.05, 0.1) is 5.75 Å². The number of nitrogens with zero attached hydrogens (tertiary/aromatic N) is 6. The minimum absolute atomic E-state index is 0.187. The summed E-state index contributed by atoms with van der Waals surface area (Å²) in [7, 11) is 0. The summed E-state index contributed by atoms with van der Waals surface area (Å²) in [5, 5.41) is 21.7. The first-order valence-corrected chi connectivity index (χ1v) is 10.2. The summed E-state index contributed by atoms with van der Waals surface area (Å²) in [4.78, 5) is 20.4. The molecule has 0 aliphatic carbocycles. The highest BCUT2D eigenvalue weighted by Gasteiger charge is 2.12. The van der Waals surface area contributed by atoms with Gasteiger partial charge in [-0.2, -0.15) is 4.98 Å². The molecule has 29 heavy (non-hydrogen) atoms. The van der Waals surface area contributed by atoms with Crippen LogP contribution in [0.3, 0.4) is 0 Å². The van der Waals surface area contributed by atoms with E-state index in [1.54, 1.807) is 12.1 Å². The molecule has 0 fully saturated rings. The maximum atomic E-state index is 13.3. The monoisotopic (exact) mass is 432 g/mol. The van der Waals surface area contributed by atoms with E-state index in [1.165, 1.54) is 40.7 Å². The summed E-state index contributed by atoms with van der Waals surface area (Å²) in [5.41, 5.74) is 2.14. The number of H-pyrrole nitrogens is 1. The lowest BCUT2D eigenvalue weighted by Gasteiger charge is -1.97. The van der Waals surface area contributed by atoms with E-state index in [4.69, 9.17) is 4.52 Å². The molecule has 0 unspecified atom stereocenters. The Hall–Kier alpha value is -3.19. The van der Waals surface area contributed by atoms with Gasteiger partial charge in [-0.25, -0.2) is 9.37 Å². The molecule has 10 nitrogen and oxygen atoms in total. The highest BCUT2D eigenvalue weighted by atomic mass is 32.2. The number of aromatic nitrogens is 7. The molecule has 0 atom stereocenters. The third-order valence-electron chi connectivity index (χ3n) is 3.58. The molecule has 1 aromatic carbocycles. The van der Waals surface area contributed by atoms with Crippen LogP contribution < -0.4 is 5.32 Å². The fourth-order valence-corrected chi connectivity index (χ4v) is 3.39. The Balaban J connectivity index is 1.27. The van der Waals surface area contributed by atoms with Gasteiger partial charge in [-0.15, -0.1) is 15.3 Å². The van der Waals surface area contributed by atoms with Gasteiger partial charge in [0.15, 0.2) is 11.6 Å². The number of aromatic amines is 1.